The van der Waals surface area contributed by atoms with Crippen LogP contribution in [-0.2, 0) is 9.59 Å². The first-order chi connectivity index (χ1) is 12.9. The lowest BCUT2D eigenvalue weighted by Crippen LogP contribution is -2.51. The Labute approximate surface area is 162 Å². The summed E-state index contributed by atoms with van der Waals surface area (Å²) < 4.78 is 5.20. The molecule has 0 bridgehead atoms. The zero-order chi connectivity index (χ0) is 19.8. The molecule has 1 aliphatic rings. The van der Waals surface area contributed by atoms with Crippen molar-refractivity contribution < 1.29 is 14.3 Å². The molecule has 1 saturated heterocycles. The molecule has 2 rings (SSSR count). The molecule has 1 aromatic rings. The number of methoxy groups -OCH3 is 1. The van der Waals surface area contributed by atoms with Crippen LogP contribution in [0.15, 0.2) is 24.3 Å². The highest BCUT2D eigenvalue weighted by molar-refractivity contribution is 5.84. The van der Waals surface area contributed by atoms with E-state index in [-0.39, 0.29) is 18.4 Å². The van der Waals surface area contributed by atoms with Gasteiger partial charge in [-0.3, -0.25) is 9.59 Å². The Morgan fingerprint density at radius 1 is 1.04 bits per heavy atom. The number of rotatable bonds is 8. The average Bonchev–Trinajstić information content (AvgIpc) is 2.67. The van der Waals surface area contributed by atoms with Gasteiger partial charge in [-0.15, -0.1) is 0 Å². The molecule has 0 spiro atoms. The molecule has 1 aliphatic heterocycles. The molecular weight excluding hydrogens is 344 g/mol. The molecule has 1 aromatic carbocycles. The number of anilines is 1. The van der Waals surface area contributed by atoms with Gasteiger partial charge in [-0.25, -0.2) is 0 Å². The molecule has 27 heavy (non-hydrogen) atoms. The molecule has 2 amide bonds. The molecule has 0 saturated carbocycles. The maximum Gasteiger partial charge on any atom is 0.242 e. The lowest BCUT2D eigenvalue weighted by Gasteiger charge is -2.37. The third-order valence-corrected chi connectivity index (χ3v) is 4.87. The minimum absolute atomic E-state index is 0.0319. The fourth-order valence-corrected chi connectivity index (χ4v) is 3.20. The zero-order valence-corrected chi connectivity index (χ0v) is 17.0. The van der Waals surface area contributed by atoms with Crippen LogP contribution in [-0.4, -0.2) is 93.5 Å². The molecule has 150 valence electrons. The minimum Gasteiger partial charge on any atom is -0.497 e. The summed E-state index contributed by atoms with van der Waals surface area (Å²) in [5.41, 5.74) is 1.14. The molecule has 0 N–H and O–H groups in total. The number of carbonyl (C=O) groups excluding carboxylic acids is 2. The third-order valence-electron chi connectivity index (χ3n) is 4.87. The van der Waals surface area contributed by atoms with Gasteiger partial charge in [-0.05, 0) is 51.3 Å². The van der Waals surface area contributed by atoms with Crippen LogP contribution in [0.25, 0.3) is 0 Å². The summed E-state index contributed by atoms with van der Waals surface area (Å²) >= 11 is 0. The second kappa shape index (κ2) is 10.2. The first-order valence-electron chi connectivity index (χ1n) is 9.47. The summed E-state index contributed by atoms with van der Waals surface area (Å²) in [5.74, 6) is 0.828. The summed E-state index contributed by atoms with van der Waals surface area (Å²) in [6.07, 6.45) is 0.866. The number of hydrogen-bond donors (Lipinski definition) is 0. The summed E-state index contributed by atoms with van der Waals surface area (Å²) in [5, 5.41) is 0. The number of carbonyl (C=O) groups is 2. The number of amides is 2. The Bertz CT molecular complexity index is 610. The molecule has 0 atom stereocenters. The highest BCUT2D eigenvalue weighted by Gasteiger charge is 2.23. The first-order valence-corrected chi connectivity index (χ1v) is 9.47. The van der Waals surface area contributed by atoms with Crippen LogP contribution in [0.5, 0.6) is 5.75 Å². The van der Waals surface area contributed by atoms with E-state index in [1.54, 1.807) is 12.0 Å². The monoisotopic (exact) mass is 376 g/mol. The minimum atomic E-state index is -0.0426. The van der Waals surface area contributed by atoms with Crippen LogP contribution in [0.1, 0.15) is 13.3 Å². The number of nitrogens with zero attached hydrogens (tertiary/aromatic N) is 4. The molecule has 0 aliphatic carbocycles. The fourth-order valence-electron chi connectivity index (χ4n) is 3.20. The largest absolute Gasteiger partial charge is 0.497 e. The molecule has 1 fully saturated rings. The smallest absolute Gasteiger partial charge is 0.242 e. The van der Waals surface area contributed by atoms with Crippen molar-refractivity contribution in [3.63, 3.8) is 0 Å². The summed E-state index contributed by atoms with van der Waals surface area (Å²) in [6.45, 7) is 6.15. The van der Waals surface area contributed by atoms with Gasteiger partial charge in [0.05, 0.1) is 13.7 Å². The molecular formula is C20H32N4O3. The third kappa shape index (κ3) is 6.43. The van der Waals surface area contributed by atoms with Gasteiger partial charge in [0.15, 0.2) is 0 Å². The number of hydrogen-bond acceptors (Lipinski definition) is 5. The number of piperazine rings is 1. The number of benzene rings is 1. The van der Waals surface area contributed by atoms with Crippen LogP contribution in [0.3, 0.4) is 0 Å². The summed E-state index contributed by atoms with van der Waals surface area (Å²) in [7, 11) is 5.67. The van der Waals surface area contributed by atoms with Gasteiger partial charge in [0.1, 0.15) is 5.75 Å². The number of ether oxygens (including phenoxy) is 1. The maximum absolute atomic E-state index is 12.6. The molecule has 1 heterocycles. The molecule has 0 unspecified atom stereocenters. The van der Waals surface area contributed by atoms with Crippen molar-refractivity contribution in [3.8, 4) is 5.75 Å². The molecule has 0 aromatic heterocycles. The van der Waals surface area contributed by atoms with E-state index in [9.17, 15) is 9.59 Å². The second-order valence-corrected chi connectivity index (χ2v) is 7.16. The predicted octanol–water partition coefficient (Wildman–Crippen LogP) is 1.14. The molecule has 7 heteroatoms. The van der Waals surface area contributed by atoms with Crippen LogP contribution in [0.2, 0.25) is 0 Å². The van der Waals surface area contributed by atoms with Crippen LogP contribution in [0, 0.1) is 0 Å². The summed E-state index contributed by atoms with van der Waals surface area (Å²) in [4.78, 5) is 32.3. The van der Waals surface area contributed by atoms with E-state index in [0.29, 0.717) is 19.6 Å². The van der Waals surface area contributed by atoms with Crippen molar-refractivity contribution in [2.45, 2.75) is 13.3 Å². The summed E-state index contributed by atoms with van der Waals surface area (Å²) in [6, 6.07) is 7.98. The van der Waals surface area contributed by atoms with Crippen molar-refractivity contribution in [3.05, 3.63) is 24.3 Å². The lowest BCUT2D eigenvalue weighted by atomic mass is 10.2. The van der Waals surface area contributed by atoms with Crippen molar-refractivity contribution in [2.75, 3.05) is 71.9 Å². The van der Waals surface area contributed by atoms with E-state index in [1.807, 2.05) is 43.3 Å². The van der Waals surface area contributed by atoms with Gasteiger partial charge >= 0.3 is 0 Å². The Morgan fingerprint density at radius 3 is 2.19 bits per heavy atom. The van der Waals surface area contributed by atoms with Gasteiger partial charge in [-0.1, -0.05) is 0 Å². The van der Waals surface area contributed by atoms with Crippen molar-refractivity contribution in [1.29, 1.82) is 0 Å². The van der Waals surface area contributed by atoms with Crippen LogP contribution >= 0.6 is 0 Å². The standard InChI is InChI=1S/C20H32N4O3/c1-17(25)24(11-5-10-21(2)3)16-20(26)23-14-12-22(13-15-23)18-6-8-19(27-4)9-7-18/h6-9H,5,10-16H2,1-4H3. The van der Waals surface area contributed by atoms with E-state index >= 15 is 0 Å². The Balaban J connectivity index is 1.82. The van der Waals surface area contributed by atoms with E-state index < -0.39 is 0 Å². The highest BCUT2D eigenvalue weighted by atomic mass is 16.5. The van der Waals surface area contributed by atoms with Gasteiger partial charge < -0.3 is 24.3 Å². The van der Waals surface area contributed by atoms with Gasteiger partial charge in [0, 0.05) is 45.3 Å². The first kappa shape index (κ1) is 21.0. The topological polar surface area (TPSA) is 56.3 Å². The van der Waals surface area contributed by atoms with E-state index in [0.717, 1.165) is 37.5 Å². The maximum atomic E-state index is 12.6. The second-order valence-electron chi connectivity index (χ2n) is 7.16. The Hall–Kier alpha value is -2.28. The zero-order valence-electron chi connectivity index (χ0n) is 17.0. The SMILES string of the molecule is COc1ccc(N2CCN(C(=O)CN(CCCN(C)C)C(C)=O)CC2)cc1. The van der Waals surface area contributed by atoms with Crippen molar-refractivity contribution in [2.24, 2.45) is 0 Å². The van der Waals surface area contributed by atoms with Gasteiger partial charge in [0.25, 0.3) is 0 Å². The quantitative estimate of drug-likeness (QED) is 0.681. The Morgan fingerprint density at radius 2 is 1.67 bits per heavy atom. The lowest BCUT2D eigenvalue weighted by molar-refractivity contribution is -0.139. The molecule has 7 nitrogen and oxygen atoms in total. The fraction of sp³-hybridized carbons (Fsp3) is 0.600. The average molecular weight is 377 g/mol. The van der Waals surface area contributed by atoms with E-state index in [1.165, 1.54) is 6.92 Å². The highest BCUT2D eigenvalue weighted by Crippen LogP contribution is 2.20. The normalized spacial score (nSPS) is 14.4. The van der Waals surface area contributed by atoms with Crippen LogP contribution < -0.4 is 9.64 Å². The van der Waals surface area contributed by atoms with Gasteiger partial charge in [0.2, 0.25) is 11.8 Å². The predicted molar refractivity (Wildman–Crippen MR) is 107 cm³/mol. The molecule has 0 radical (unpaired) electrons. The Kier molecular flexibility index (Phi) is 7.91. The van der Waals surface area contributed by atoms with E-state index in [4.69, 9.17) is 4.74 Å². The van der Waals surface area contributed by atoms with Gasteiger partial charge in [-0.2, -0.15) is 0 Å². The van der Waals surface area contributed by atoms with E-state index in [2.05, 4.69) is 9.80 Å². The van der Waals surface area contributed by atoms with Crippen molar-refractivity contribution in [1.82, 2.24) is 14.7 Å². The van der Waals surface area contributed by atoms with Crippen molar-refractivity contribution >= 4 is 17.5 Å². The van der Waals surface area contributed by atoms with Crippen LogP contribution in [0.4, 0.5) is 5.69 Å².